The van der Waals surface area contributed by atoms with Crippen LogP contribution in [0.4, 0.5) is 13.2 Å². The van der Waals surface area contributed by atoms with Crippen LogP contribution < -0.4 is 4.13 Å². The fourth-order valence-electron chi connectivity index (χ4n) is 2.87. The quantitative estimate of drug-likeness (QED) is 0.646. The highest BCUT2D eigenvalue weighted by molar-refractivity contribution is 8.05. The van der Waals surface area contributed by atoms with E-state index in [0.29, 0.717) is 5.56 Å². The first-order valence-electron chi connectivity index (χ1n) is 7.72. The second-order valence-electron chi connectivity index (χ2n) is 5.90. The Bertz CT molecular complexity index is 1170. The molecule has 144 valence electrons. The number of halogens is 3. The zero-order chi connectivity index (χ0) is 19.9. The first-order valence-corrected chi connectivity index (χ1v) is 10.9. The van der Waals surface area contributed by atoms with Crippen LogP contribution in [0.5, 0.6) is 0 Å². The predicted octanol–water partition coefficient (Wildman–Crippen LogP) is 3.30. The smallest absolute Gasteiger partial charge is 0.211 e. The van der Waals surface area contributed by atoms with E-state index >= 15 is 0 Å². The summed E-state index contributed by atoms with van der Waals surface area (Å²) in [5.74, 6) is -0.805. The second-order valence-corrected chi connectivity index (χ2v) is 9.67. The molecule has 5 nitrogen and oxygen atoms in total. The molecule has 0 aliphatic heterocycles. The van der Waals surface area contributed by atoms with Crippen LogP contribution >= 0.6 is 0 Å². The largest absolute Gasteiger partial charge is 0.512 e. The summed E-state index contributed by atoms with van der Waals surface area (Å²) in [6.07, 6.45) is -0.148. The number of benzene rings is 3. The van der Waals surface area contributed by atoms with Gasteiger partial charge in [0, 0.05) is 0 Å². The SMILES string of the molecule is O=S(=O)(CCc1c2ccccc2cc2ccccc12)NS(=O)(=O)C(F)(F)F. The maximum Gasteiger partial charge on any atom is 0.512 e. The van der Waals surface area contributed by atoms with E-state index in [1.807, 2.05) is 30.3 Å². The zero-order valence-electron chi connectivity index (χ0n) is 13.7. The van der Waals surface area contributed by atoms with Crippen molar-refractivity contribution in [2.45, 2.75) is 11.9 Å². The van der Waals surface area contributed by atoms with Gasteiger partial charge in [0.05, 0.1) is 5.75 Å². The lowest BCUT2D eigenvalue weighted by Gasteiger charge is -2.13. The Kier molecular flexibility index (Phi) is 4.91. The second kappa shape index (κ2) is 6.77. The summed E-state index contributed by atoms with van der Waals surface area (Å²) in [6, 6.07) is 16.3. The molecule has 3 aromatic rings. The van der Waals surface area contributed by atoms with Gasteiger partial charge in [0.2, 0.25) is 10.0 Å². The van der Waals surface area contributed by atoms with E-state index in [-0.39, 0.29) is 6.42 Å². The van der Waals surface area contributed by atoms with Crippen LogP contribution in [0.25, 0.3) is 21.5 Å². The Morgan fingerprint density at radius 2 is 1.30 bits per heavy atom. The fraction of sp³-hybridized carbons (Fsp3) is 0.176. The lowest BCUT2D eigenvalue weighted by Crippen LogP contribution is -2.41. The minimum absolute atomic E-state index is 0.148. The monoisotopic (exact) mass is 417 g/mol. The Labute approximate surface area is 153 Å². The van der Waals surface area contributed by atoms with Gasteiger partial charge in [-0.3, -0.25) is 0 Å². The van der Waals surface area contributed by atoms with Crippen LogP contribution in [-0.4, -0.2) is 28.1 Å². The molecule has 0 radical (unpaired) electrons. The van der Waals surface area contributed by atoms with Crippen LogP contribution in [0.15, 0.2) is 54.6 Å². The van der Waals surface area contributed by atoms with Crippen molar-refractivity contribution in [2.24, 2.45) is 0 Å². The molecule has 0 atom stereocenters. The highest BCUT2D eigenvalue weighted by Crippen LogP contribution is 2.29. The van der Waals surface area contributed by atoms with Gasteiger partial charge in [0.1, 0.15) is 0 Å². The first kappa shape index (κ1) is 19.6. The average molecular weight is 417 g/mol. The lowest BCUT2D eigenvalue weighted by molar-refractivity contribution is -0.0441. The van der Waals surface area contributed by atoms with E-state index in [1.54, 1.807) is 24.3 Å². The molecule has 0 unspecified atom stereocenters. The molecule has 1 N–H and O–H groups in total. The van der Waals surface area contributed by atoms with Gasteiger partial charge in [0.25, 0.3) is 0 Å². The van der Waals surface area contributed by atoms with E-state index < -0.39 is 31.3 Å². The standard InChI is InChI=1S/C17H14F3NO4S2/c18-17(19,20)27(24,25)21-26(22,23)10-9-16-14-7-3-1-5-12(14)11-13-6-2-4-8-15(13)16/h1-8,11,21H,9-10H2. The van der Waals surface area contributed by atoms with Crippen molar-refractivity contribution in [2.75, 3.05) is 5.75 Å². The maximum atomic E-state index is 12.4. The van der Waals surface area contributed by atoms with E-state index in [9.17, 15) is 30.0 Å². The Morgan fingerprint density at radius 1 is 0.815 bits per heavy atom. The summed E-state index contributed by atoms with van der Waals surface area (Å²) in [5.41, 5.74) is -5.08. The van der Waals surface area contributed by atoms with E-state index in [1.165, 1.54) is 0 Å². The average Bonchev–Trinajstić information content (AvgIpc) is 2.56. The van der Waals surface area contributed by atoms with Gasteiger partial charge in [-0.15, -0.1) is 4.13 Å². The molecule has 3 rings (SSSR count). The molecule has 3 aromatic carbocycles. The van der Waals surface area contributed by atoms with Crippen molar-refractivity contribution >= 4 is 41.6 Å². The van der Waals surface area contributed by atoms with Crippen LogP contribution in [0, 0.1) is 0 Å². The number of nitrogens with one attached hydrogen (secondary N) is 1. The third-order valence-electron chi connectivity index (χ3n) is 4.04. The van der Waals surface area contributed by atoms with Crippen molar-refractivity contribution in [3.63, 3.8) is 0 Å². The molecular formula is C17H14F3NO4S2. The third-order valence-corrected chi connectivity index (χ3v) is 7.29. The molecule has 0 spiro atoms. The molecule has 0 amide bonds. The highest BCUT2D eigenvalue weighted by atomic mass is 32.3. The Morgan fingerprint density at radius 3 is 1.78 bits per heavy atom. The number of rotatable bonds is 5. The van der Waals surface area contributed by atoms with Crippen molar-refractivity contribution < 1.29 is 30.0 Å². The predicted molar refractivity (Wildman–Crippen MR) is 97.1 cm³/mol. The molecule has 0 saturated heterocycles. The van der Waals surface area contributed by atoms with E-state index in [4.69, 9.17) is 0 Å². The number of hydrogen-bond acceptors (Lipinski definition) is 4. The summed E-state index contributed by atoms with van der Waals surface area (Å²) >= 11 is 0. The Hall–Kier alpha value is -2.17. The minimum Gasteiger partial charge on any atom is -0.211 e. The van der Waals surface area contributed by atoms with Gasteiger partial charge in [-0.25, -0.2) is 16.8 Å². The van der Waals surface area contributed by atoms with Crippen molar-refractivity contribution in [3.05, 3.63) is 60.2 Å². The Balaban J connectivity index is 1.99. The molecular weight excluding hydrogens is 403 g/mol. The van der Waals surface area contributed by atoms with E-state index in [2.05, 4.69) is 0 Å². The van der Waals surface area contributed by atoms with Crippen LogP contribution in [0.3, 0.4) is 0 Å². The molecule has 10 heteroatoms. The summed E-state index contributed by atoms with van der Waals surface area (Å²) < 4.78 is 84.1. The van der Waals surface area contributed by atoms with Gasteiger partial charge >= 0.3 is 15.5 Å². The van der Waals surface area contributed by atoms with Crippen molar-refractivity contribution in [1.82, 2.24) is 4.13 Å². The minimum atomic E-state index is -5.98. The van der Waals surface area contributed by atoms with Gasteiger partial charge < -0.3 is 0 Å². The van der Waals surface area contributed by atoms with Crippen molar-refractivity contribution in [1.29, 1.82) is 0 Å². The normalized spacial score (nSPS) is 13.3. The zero-order valence-corrected chi connectivity index (χ0v) is 15.3. The molecule has 0 aromatic heterocycles. The molecule has 0 fully saturated rings. The number of alkyl halides is 3. The maximum absolute atomic E-state index is 12.4. The summed E-state index contributed by atoms with van der Waals surface area (Å²) in [6.45, 7) is 0. The van der Waals surface area contributed by atoms with Crippen LogP contribution in [-0.2, 0) is 26.5 Å². The highest BCUT2D eigenvalue weighted by Gasteiger charge is 2.48. The molecule has 0 aliphatic carbocycles. The summed E-state index contributed by atoms with van der Waals surface area (Å²) in [4.78, 5) is 0. The summed E-state index contributed by atoms with van der Waals surface area (Å²) in [5, 5.41) is 3.20. The van der Waals surface area contributed by atoms with Crippen molar-refractivity contribution in [3.8, 4) is 0 Å². The first-order chi connectivity index (χ1) is 12.5. The van der Waals surface area contributed by atoms with Gasteiger partial charge in [-0.1, -0.05) is 48.5 Å². The number of fused-ring (bicyclic) bond motifs is 2. The molecule has 0 aliphatic rings. The van der Waals surface area contributed by atoms with Crippen LogP contribution in [0.1, 0.15) is 5.56 Å². The molecule has 0 saturated carbocycles. The lowest BCUT2D eigenvalue weighted by atomic mass is 9.95. The summed E-state index contributed by atoms with van der Waals surface area (Å²) in [7, 11) is -10.7. The number of hydrogen-bond donors (Lipinski definition) is 1. The number of sulfonamides is 2. The number of aryl methyl sites for hydroxylation is 1. The van der Waals surface area contributed by atoms with Crippen LogP contribution in [0.2, 0.25) is 0 Å². The van der Waals surface area contributed by atoms with Gasteiger partial charge in [0.15, 0.2) is 0 Å². The fourth-order valence-corrected chi connectivity index (χ4v) is 5.39. The van der Waals surface area contributed by atoms with Gasteiger partial charge in [-0.05, 0) is 39.6 Å². The topological polar surface area (TPSA) is 80.3 Å². The molecule has 27 heavy (non-hydrogen) atoms. The molecule has 0 bridgehead atoms. The third kappa shape index (κ3) is 4.07. The molecule has 0 heterocycles. The van der Waals surface area contributed by atoms with E-state index in [0.717, 1.165) is 25.7 Å². The van der Waals surface area contributed by atoms with Gasteiger partial charge in [-0.2, -0.15) is 13.2 Å².